The minimum absolute atomic E-state index is 0.269. The van der Waals surface area contributed by atoms with Gasteiger partial charge < -0.3 is 10.3 Å². The van der Waals surface area contributed by atoms with E-state index in [-0.39, 0.29) is 11.4 Å². The second-order valence-electron chi connectivity index (χ2n) is 5.51. The van der Waals surface area contributed by atoms with Gasteiger partial charge in [-0.25, -0.2) is 4.39 Å². The van der Waals surface area contributed by atoms with Gasteiger partial charge >= 0.3 is 0 Å². The van der Waals surface area contributed by atoms with Crippen molar-refractivity contribution in [2.75, 3.05) is 0 Å². The lowest BCUT2D eigenvalue weighted by molar-refractivity contribution is 0.355. The highest BCUT2D eigenvalue weighted by Crippen LogP contribution is 2.20. The fourth-order valence-corrected chi connectivity index (χ4v) is 1.96. The van der Waals surface area contributed by atoms with Gasteiger partial charge in [0, 0.05) is 23.4 Å². The summed E-state index contributed by atoms with van der Waals surface area (Å²) in [4.78, 5) is 4.29. The van der Waals surface area contributed by atoms with Crippen molar-refractivity contribution in [3.63, 3.8) is 0 Å². The number of nitrogens with two attached hydrogens (primary N) is 1. The van der Waals surface area contributed by atoms with Crippen molar-refractivity contribution in [3.8, 4) is 0 Å². The van der Waals surface area contributed by atoms with Crippen molar-refractivity contribution in [1.29, 1.82) is 0 Å². The van der Waals surface area contributed by atoms with E-state index in [1.807, 2.05) is 13.8 Å². The Morgan fingerprint density at radius 3 is 2.80 bits per heavy atom. The predicted molar refractivity (Wildman–Crippen MR) is 75.1 cm³/mol. The van der Waals surface area contributed by atoms with E-state index in [0.29, 0.717) is 29.6 Å². The number of hydrogen-bond donors (Lipinski definition) is 1. The van der Waals surface area contributed by atoms with E-state index in [2.05, 4.69) is 10.1 Å². The summed E-state index contributed by atoms with van der Waals surface area (Å²) >= 11 is 5.96. The van der Waals surface area contributed by atoms with E-state index in [1.165, 1.54) is 12.1 Å². The van der Waals surface area contributed by atoms with Gasteiger partial charge in [-0.2, -0.15) is 4.98 Å². The molecule has 0 amide bonds. The van der Waals surface area contributed by atoms with Crippen LogP contribution >= 0.6 is 11.6 Å². The Labute approximate surface area is 122 Å². The van der Waals surface area contributed by atoms with Crippen molar-refractivity contribution in [2.24, 2.45) is 5.73 Å². The van der Waals surface area contributed by atoms with Gasteiger partial charge in [0.15, 0.2) is 5.82 Å². The van der Waals surface area contributed by atoms with Crippen LogP contribution in [0.1, 0.15) is 37.5 Å². The molecule has 2 N–H and O–H groups in total. The molecule has 2 rings (SSSR count). The van der Waals surface area contributed by atoms with Gasteiger partial charge in [0.25, 0.3) is 0 Å². The van der Waals surface area contributed by atoms with Crippen molar-refractivity contribution in [1.82, 2.24) is 10.1 Å². The highest BCUT2D eigenvalue weighted by Gasteiger charge is 2.14. The van der Waals surface area contributed by atoms with E-state index in [4.69, 9.17) is 21.9 Å². The number of benzene rings is 1. The lowest BCUT2D eigenvalue weighted by Crippen LogP contribution is -2.32. The van der Waals surface area contributed by atoms with Crippen LogP contribution in [0.25, 0.3) is 0 Å². The summed E-state index contributed by atoms with van der Waals surface area (Å²) in [5.41, 5.74) is 6.40. The molecule has 2 aromatic rings. The van der Waals surface area contributed by atoms with Crippen LogP contribution in [0.3, 0.4) is 0 Å². The first-order chi connectivity index (χ1) is 9.33. The van der Waals surface area contributed by atoms with E-state index in [9.17, 15) is 4.39 Å². The summed E-state index contributed by atoms with van der Waals surface area (Å²) in [5, 5.41) is 4.26. The maximum Gasteiger partial charge on any atom is 0.226 e. The van der Waals surface area contributed by atoms with Crippen LogP contribution in [0.5, 0.6) is 0 Å². The zero-order valence-corrected chi connectivity index (χ0v) is 12.2. The summed E-state index contributed by atoms with van der Waals surface area (Å²) in [5.74, 6) is 0.720. The number of rotatable bonds is 5. The quantitative estimate of drug-likeness (QED) is 0.921. The smallest absolute Gasteiger partial charge is 0.226 e. The van der Waals surface area contributed by atoms with Gasteiger partial charge in [0.1, 0.15) is 5.82 Å². The molecule has 0 unspecified atom stereocenters. The molecule has 0 aliphatic heterocycles. The second-order valence-corrected chi connectivity index (χ2v) is 5.91. The molecule has 108 valence electrons. The normalized spacial score (nSPS) is 11.8. The summed E-state index contributed by atoms with van der Waals surface area (Å²) in [7, 11) is 0. The van der Waals surface area contributed by atoms with Crippen LogP contribution in [0.15, 0.2) is 22.7 Å². The largest absolute Gasteiger partial charge is 0.339 e. The first-order valence-corrected chi connectivity index (χ1v) is 6.75. The molecule has 1 aromatic carbocycles. The minimum Gasteiger partial charge on any atom is -0.339 e. The summed E-state index contributed by atoms with van der Waals surface area (Å²) in [6, 6.07) is 4.25. The fraction of sp³-hybridized carbons (Fsp3) is 0.429. The topological polar surface area (TPSA) is 64.9 Å². The SMILES string of the molecule is CC(C)(N)CCc1nc(Cc2ccc(F)cc2Cl)no1. The Hall–Kier alpha value is -1.46. The average molecular weight is 298 g/mol. The predicted octanol–water partition coefficient (Wildman–Crippen LogP) is 3.12. The number of halogens is 2. The number of nitrogens with zero attached hydrogens (tertiary/aromatic N) is 2. The Morgan fingerprint density at radius 2 is 2.15 bits per heavy atom. The summed E-state index contributed by atoms with van der Waals surface area (Å²) in [6.45, 7) is 3.89. The molecular formula is C14H17ClFN3O. The van der Waals surface area contributed by atoms with E-state index in [1.54, 1.807) is 6.07 Å². The molecule has 0 aliphatic rings. The molecule has 1 aromatic heterocycles. The molecule has 1 heterocycles. The standard InChI is InChI=1S/C14H17ClFN3O/c1-14(2,17)6-5-13-18-12(19-20-13)7-9-3-4-10(16)8-11(9)15/h3-4,8H,5-7,17H2,1-2H3. The minimum atomic E-state index is -0.363. The molecular weight excluding hydrogens is 281 g/mol. The maximum atomic E-state index is 13.0. The lowest BCUT2D eigenvalue weighted by Gasteiger charge is -2.16. The highest BCUT2D eigenvalue weighted by molar-refractivity contribution is 6.31. The first-order valence-electron chi connectivity index (χ1n) is 6.38. The molecule has 0 saturated carbocycles. The molecule has 0 bridgehead atoms. The van der Waals surface area contributed by atoms with Gasteiger partial charge in [-0.3, -0.25) is 0 Å². The lowest BCUT2D eigenvalue weighted by atomic mass is 10.0. The zero-order chi connectivity index (χ0) is 14.8. The van der Waals surface area contributed by atoms with E-state index in [0.717, 1.165) is 12.0 Å². The van der Waals surface area contributed by atoms with Gasteiger partial charge in [-0.15, -0.1) is 0 Å². The van der Waals surface area contributed by atoms with Crippen LogP contribution in [0.2, 0.25) is 5.02 Å². The fourth-order valence-electron chi connectivity index (χ4n) is 1.73. The highest BCUT2D eigenvalue weighted by atomic mass is 35.5. The molecule has 0 fully saturated rings. The van der Waals surface area contributed by atoms with Gasteiger partial charge in [0.2, 0.25) is 5.89 Å². The van der Waals surface area contributed by atoms with Gasteiger partial charge in [-0.05, 0) is 38.0 Å². The molecule has 0 saturated heterocycles. The molecule has 0 radical (unpaired) electrons. The zero-order valence-electron chi connectivity index (χ0n) is 11.5. The summed E-state index contributed by atoms with van der Waals surface area (Å²) < 4.78 is 18.1. The second kappa shape index (κ2) is 5.89. The van der Waals surface area contributed by atoms with Crippen molar-refractivity contribution >= 4 is 11.6 Å². The molecule has 6 heteroatoms. The number of aryl methyl sites for hydroxylation is 1. The van der Waals surface area contributed by atoms with Crippen LogP contribution < -0.4 is 5.73 Å². The molecule has 0 atom stereocenters. The molecule has 0 aliphatic carbocycles. The average Bonchev–Trinajstić information content (AvgIpc) is 2.77. The molecule has 0 spiro atoms. The van der Waals surface area contributed by atoms with E-state index >= 15 is 0 Å². The Morgan fingerprint density at radius 1 is 1.40 bits per heavy atom. The van der Waals surface area contributed by atoms with Crippen LogP contribution in [0.4, 0.5) is 4.39 Å². The van der Waals surface area contributed by atoms with Crippen LogP contribution in [0, 0.1) is 5.82 Å². The van der Waals surface area contributed by atoms with Crippen molar-refractivity contribution in [3.05, 3.63) is 46.3 Å². The molecule has 4 nitrogen and oxygen atoms in total. The third kappa shape index (κ3) is 4.28. The Balaban J connectivity index is 2.02. The maximum absolute atomic E-state index is 13.0. The molecule has 20 heavy (non-hydrogen) atoms. The third-order valence-corrected chi connectivity index (χ3v) is 3.21. The monoisotopic (exact) mass is 297 g/mol. The van der Waals surface area contributed by atoms with Gasteiger partial charge in [0.05, 0.1) is 0 Å². The van der Waals surface area contributed by atoms with Crippen LogP contribution in [-0.2, 0) is 12.8 Å². The first kappa shape index (κ1) is 14.9. The number of aromatic nitrogens is 2. The van der Waals surface area contributed by atoms with Gasteiger partial charge in [-0.1, -0.05) is 22.8 Å². The Kier molecular flexibility index (Phi) is 4.40. The van der Waals surface area contributed by atoms with Crippen molar-refractivity contribution in [2.45, 2.75) is 38.6 Å². The van der Waals surface area contributed by atoms with Crippen LogP contribution in [-0.4, -0.2) is 15.7 Å². The summed E-state index contributed by atoms with van der Waals surface area (Å²) in [6.07, 6.45) is 1.80. The number of hydrogen-bond acceptors (Lipinski definition) is 4. The third-order valence-electron chi connectivity index (χ3n) is 2.86. The Bertz CT molecular complexity index is 592. The van der Waals surface area contributed by atoms with Crippen molar-refractivity contribution < 1.29 is 8.91 Å². The van der Waals surface area contributed by atoms with E-state index < -0.39 is 0 Å².